The Morgan fingerprint density at radius 1 is 1.33 bits per heavy atom. The molecule has 0 bridgehead atoms. The summed E-state index contributed by atoms with van der Waals surface area (Å²) >= 11 is 0. The van der Waals surface area contributed by atoms with E-state index in [0.29, 0.717) is 0 Å². The quantitative estimate of drug-likeness (QED) is 0.796. The van der Waals surface area contributed by atoms with Crippen molar-refractivity contribution in [3.05, 3.63) is 29.8 Å². The smallest absolute Gasteiger partial charge is 0.218 e. The van der Waals surface area contributed by atoms with Gasteiger partial charge in [0, 0.05) is 0 Å². The zero-order chi connectivity index (χ0) is 11.5. The van der Waals surface area contributed by atoms with Crippen LogP contribution < -0.4 is 0 Å². The molecular formula is C9H7F2NO2S. The Hall–Kier alpha value is -1.48. The number of hydrogen-bond acceptors (Lipinski definition) is 3. The molecule has 0 saturated heterocycles. The fourth-order valence-corrected chi connectivity index (χ4v) is 2.07. The van der Waals surface area contributed by atoms with Gasteiger partial charge in [-0.1, -0.05) is 18.2 Å². The summed E-state index contributed by atoms with van der Waals surface area (Å²) in [6.45, 7) is 0. The summed E-state index contributed by atoms with van der Waals surface area (Å²) in [5.74, 6) is -3.46. The van der Waals surface area contributed by atoms with E-state index in [2.05, 4.69) is 0 Å². The van der Waals surface area contributed by atoms with E-state index in [1.165, 1.54) is 18.2 Å². The van der Waals surface area contributed by atoms with E-state index in [0.717, 1.165) is 6.07 Å². The largest absolute Gasteiger partial charge is 0.341 e. The first-order valence-corrected chi connectivity index (χ1v) is 5.51. The molecule has 0 aromatic heterocycles. The summed E-state index contributed by atoms with van der Waals surface area (Å²) in [6, 6.07) is 6.99. The molecule has 0 atom stereocenters. The van der Waals surface area contributed by atoms with Gasteiger partial charge in [-0.3, -0.25) is 0 Å². The topological polar surface area (TPSA) is 57.9 Å². The molecule has 0 N–H and O–H groups in total. The number of nitrogens with zero attached hydrogens (tertiary/aromatic N) is 1. The Labute approximate surface area is 85.9 Å². The molecule has 1 aromatic rings. The minimum atomic E-state index is -4.61. The first kappa shape index (κ1) is 11.6. The first-order chi connectivity index (χ1) is 7.00. The minimum absolute atomic E-state index is 0.0975. The Balaban J connectivity index is 3.33. The van der Waals surface area contributed by atoms with Crippen molar-refractivity contribution < 1.29 is 17.2 Å². The molecule has 0 spiro atoms. The van der Waals surface area contributed by atoms with E-state index in [9.17, 15) is 17.2 Å². The van der Waals surface area contributed by atoms with Crippen LogP contribution in [0.2, 0.25) is 0 Å². The maximum absolute atomic E-state index is 12.2. The zero-order valence-electron chi connectivity index (χ0n) is 7.52. The van der Waals surface area contributed by atoms with Crippen molar-refractivity contribution in [1.29, 1.82) is 5.26 Å². The molecule has 0 amide bonds. The molecule has 1 rings (SSSR count). The first-order valence-electron chi connectivity index (χ1n) is 3.97. The van der Waals surface area contributed by atoms with Crippen LogP contribution >= 0.6 is 0 Å². The van der Waals surface area contributed by atoms with E-state index in [1.54, 1.807) is 6.07 Å². The van der Waals surface area contributed by atoms with Gasteiger partial charge in [-0.15, -0.1) is 0 Å². The Morgan fingerprint density at radius 3 is 2.47 bits per heavy atom. The SMILES string of the molecule is N#CCc1ccccc1S(=O)(=O)C(F)F. The minimum Gasteiger partial charge on any atom is -0.218 e. The lowest BCUT2D eigenvalue weighted by Gasteiger charge is -2.06. The number of nitriles is 1. The third-order valence-corrected chi connectivity index (χ3v) is 3.26. The predicted octanol–water partition coefficient (Wildman–Crippen LogP) is 1.75. The molecule has 0 aliphatic heterocycles. The van der Waals surface area contributed by atoms with Crippen molar-refractivity contribution >= 4 is 9.84 Å². The molecule has 3 nitrogen and oxygen atoms in total. The number of rotatable bonds is 3. The molecule has 6 heteroatoms. The molecule has 0 saturated carbocycles. The lowest BCUT2D eigenvalue weighted by molar-refractivity contribution is 0.234. The van der Waals surface area contributed by atoms with Crippen molar-refractivity contribution in [3.8, 4) is 6.07 Å². The van der Waals surface area contributed by atoms with Gasteiger partial charge in [0.1, 0.15) is 0 Å². The molecule has 0 radical (unpaired) electrons. The third-order valence-electron chi connectivity index (χ3n) is 1.78. The Kier molecular flexibility index (Phi) is 3.37. The Bertz CT molecular complexity index is 491. The van der Waals surface area contributed by atoms with Crippen LogP contribution in [-0.4, -0.2) is 14.2 Å². The summed E-state index contributed by atoms with van der Waals surface area (Å²) in [5.41, 5.74) is 0.0975. The highest BCUT2D eigenvalue weighted by molar-refractivity contribution is 7.91. The van der Waals surface area contributed by atoms with E-state index in [1.807, 2.05) is 0 Å². The van der Waals surface area contributed by atoms with Crippen molar-refractivity contribution in [2.24, 2.45) is 0 Å². The van der Waals surface area contributed by atoms with Gasteiger partial charge in [0.15, 0.2) is 0 Å². The maximum atomic E-state index is 12.2. The number of halogens is 2. The fraction of sp³-hybridized carbons (Fsp3) is 0.222. The van der Waals surface area contributed by atoms with Crippen molar-refractivity contribution in [3.63, 3.8) is 0 Å². The molecule has 0 fully saturated rings. The van der Waals surface area contributed by atoms with Crippen LogP contribution in [0.25, 0.3) is 0 Å². The van der Waals surface area contributed by atoms with E-state index >= 15 is 0 Å². The molecule has 0 heterocycles. The summed E-state index contributed by atoms with van der Waals surface area (Å²) in [7, 11) is -4.61. The molecule has 0 aliphatic rings. The number of alkyl halides is 2. The lowest BCUT2D eigenvalue weighted by atomic mass is 10.2. The van der Waals surface area contributed by atoms with Gasteiger partial charge >= 0.3 is 5.76 Å². The second kappa shape index (κ2) is 4.36. The van der Waals surface area contributed by atoms with Crippen LogP contribution in [0.5, 0.6) is 0 Å². The van der Waals surface area contributed by atoms with E-state index in [4.69, 9.17) is 5.26 Å². The predicted molar refractivity (Wildman–Crippen MR) is 48.9 cm³/mol. The van der Waals surface area contributed by atoms with Gasteiger partial charge < -0.3 is 0 Å². The monoisotopic (exact) mass is 231 g/mol. The van der Waals surface area contributed by atoms with Crippen LogP contribution in [0, 0.1) is 11.3 Å². The van der Waals surface area contributed by atoms with E-state index in [-0.39, 0.29) is 12.0 Å². The van der Waals surface area contributed by atoms with Gasteiger partial charge in [0.05, 0.1) is 17.4 Å². The Morgan fingerprint density at radius 2 is 1.93 bits per heavy atom. The van der Waals surface area contributed by atoms with Crippen LogP contribution in [0.15, 0.2) is 29.2 Å². The van der Waals surface area contributed by atoms with Gasteiger partial charge in [-0.2, -0.15) is 14.0 Å². The molecule has 15 heavy (non-hydrogen) atoms. The van der Waals surface area contributed by atoms with Crippen LogP contribution in [0.3, 0.4) is 0 Å². The highest BCUT2D eigenvalue weighted by atomic mass is 32.2. The third kappa shape index (κ3) is 2.30. The lowest BCUT2D eigenvalue weighted by Crippen LogP contribution is -2.13. The van der Waals surface area contributed by atoms with Gasteiger partial charge in [-0.25, -0.2) is 8.42 Å². The number of hydrogen-bond donors (Lipinski definition) is 0. The number of sulfone groups is 1. The summed E-state index contributed by atoms with van der Waals surface area (Å²) in [5, 5.41) is 8.42. The molecule has 0 unspecified atom stereocenters. The molecular weight excluding hydrogens is 224 g/mol. The maximum Gasteiger partial charge on any atom is 0.341 e. The van der Waals surface area contributed by atoms with Crippen molar-refractivity contribution in [1.82, 2.24) is 0 Å². The van der Waals surface area contributed by atoms with Gasteiger partial charge in [0.25, 0.3) is 0 Å². The highest BCUT2D eigenvalue weighted by Crippen LogP contribution is 2.22. The van der Waals surface area contributed by atoms with Crippen LogP contribution in [0.1, 0.15) is 5.56 Å². The number of benzene rings is 1. The van der Waals surface area contributed by atoms with Gasteiger partial charge in [-0.05, 0) is 11.6 Å². The fourth-order valence-electron chi connectivity index (χ4n) is 1.11. The average Bonchev–Trinajstić information content (AvgIpc) is 2.18. The standard InChI is InChI=1S/C9H7F2NO2S/c10-9(11)15(13,14)8-4-2-1-3-7(8)5-6-12/h1-4,9H,5H2. The molecule has 80 valence electrons. The summed E-state index contributed by atoms with van der Waals surface area (Å²) in [4.78, 5) is -0.471. The summed E-state index contributed by atoms with van der Waals surface area (Å²) < 4.78 is 46.8. The second-order valence-corrected chi connectivity index (χ2v) is 4.63. The molecule has 0 aliphatic carbocycles. The highest BCUT2D eigenvalue weighted by Gasteiger charge is 2.28. The average molecular weight is 231 g/mol. The van der Waals surface area contributed by atoms with E-state index < -0.39 is 20.5 Å². The zero-order valence-corrected chi connectivity index (χ0v) is 8.34. The normalized spacial score (nSPS) is 11.3. The van der Waals surface area contributed by atoms with Gasteiger partial charge in [0.2, 0.25) is 9.84 Å². The van der Waals surface area contributed by atoms with Crippen molar-refractivity contribution in [2.45, 2.75) is 17.1 Å². The van der Waals surface area contributed by atoms with Crippen molar-refractivity contribution in [2.75, 3.05) is 0 Å². The summed E-state index contributed by atoms with van der Waals surface area (Å²) in [6.07, 6.45) is -0.206. The van der Waals surface area contributed by atoms with Crippen LogP contribution in [-0.2, 0) is 16.3 Å². The second-order valence-electron chi connectivity index (χ2n) is 2.75. The molecule has 1 aromatic carbocycles. The van der Waals surface area contributed by atoms with Crippen LogP contribution in [0.4, 0.5) is 8.78 Å².